The van der Waals surface area contributed by atoms with Crippen LogP contribution in [0.25, 0.3) is 5.57 Å². The molecule has 1 heterocycles. The first kappa shape index (κ1) is 13.5. The summed E-state index contributed by atoms with van der Waals surface area (Å²) in [6.07, 6.45) is 1.73. The maximum absolute atomic E-state index is 10.7. The molecule has 0 fully saturated rings. The minimum Gasteiger partial charge on any atom is -0.497 e. The second kappa shape index (κ2) is 5.00. The summed E-state index contributed by atoms with van der Waals surface area (Å²) >= 11 is 0. The molecule has 1 aromatic rings. The number of fused-ring (bicyclic) bond motifs is 1. The van der Waals surface area contributed by atoms with Crippen molar-refractivity contribution in [3.63, 3.8) is 0 Å². The summed E-state index contributed by atoms with van der Waals surface area (Å²) in [6.45, 7) is 1.89. The minimum absolute atomic E-state index is 0.581. The van der Waals surface area contributed by atoms with Crippen molar-refractivity contribution in [2.75, 3.05) is 7.11 Å². The molecule has 0 aliphatic carbocycles. The van der Waals surface area contributed by atoms with Gasteiger partial charge in [0, 0.05) is 5.37 Å². The van der Waals surface area contributed by atoms with E-state index < -0.39 is 21.0 Å². The van der Waals surface area contributed by atoms with Crippen molar-refractivity contribution < 1.29 is 32.7 Å². The van der Waals surface area contributed by atoms with Crippen molar-refractivity contribution in [1.82, 2.24) is 0 Å². The number of methoxy groups -OCH3 is 1. The van der Waals surface area contributed by atoms with Gasteiger partial charge < -0.3 is 4.74 Å². The van der Waals surface area contributed by atoms with E-state index in [1.165, 1.54) is 7.11 Å². The third-order valence-corrected chi connectivity index (χ3v) is 4.73. The van der Waals surface area contributed by atoms with Crippen LogP contribution in [0.2, 0.25) is 0 Å². The molecule has 0 amide bonds. The molecule has 0 bridgehead atoms. The fraction of sp³-hybridized carbons (Fsp3) is 0.182. The largest absolute Gasteiger partial charge is 0.497 e. The van der Waals surface area contributed by atoms with Gasteiger partial charge in [-0.1, -0.05) is 6.08 Å². The number of hydrogen-bond acceptors (Lipinski definition) is 5. The quantitative estimate of drug-likeness (QED) is 0.692. The predicted octanol–water partition coefficient (Wildman–Crippen LogP) is -0.629. The summed E-state index contributed by atoms with van der Waals surface area (Å²) in [6, 6.07) is 5.25. The molecular weight excluding hydrogens is 280 g/mol. The molecule has 7 heteroatoms. The molecular formula is C11H11ClO5S. The lowest BCUT2D eigenvalue weighted by Crippen LogP contribution is -2.60. The van der Waals surface area contributed by atoms with Crippen molar-refractivity contribution in [2.24, 2.45) is 0 Å². The fourth-order valence-electron chi connectivity index (χ4n) is 1.59. The zero-order valence-electron chi connectivity index (χ0n) is 9.71. The van der Waals surface area contributed by atoms with Crippen molar-refractivity contribution in [1.29, 1.82) is 0 Å². The van der Waals surface area contributed by atoms with Crippen molar-refractivity contribution in [3.8, 4) is 5.75 Å². The number of allylic oxidation sites excluding steroid dienone is 2. The Morgan fingerprint density at radius 2 is 1.94 bits per heavy atom. The van der Waals surface area contributed by atoms with Gasteiger partial charge in [-0.2, -0.15) is 14.0 Å². The highest BCUT2D eigenvalue weighted by Crippen LogP contribution is 2.40. The van der Waals surface area contributed by atoms with Gasteiger partial charge in [0.1, 0.15) is 20.3 Å². The van der Waals surface area contributed by atoms with E-state index in [0.29, 0.717) is 10.6 Å². The maximum Gasteiger partial charge on any atom is 0.141 e. The molecule has 0 spiro atoms. The lowest BCUT2D eigenvalue weighted by Gasteiger charge is -2.18. The molecule has 0 saturated heterocycles. The van der Waals surface area contributed by atoms with E-state index in [9.17, 15) is 14.0 Å². The van der Waals surface area contributed by atoms with E-state index in [-0.39, 0.29) is 0 Å². The minimum atomic E-state index is -4.46. The summed E-state index contributed by atoms with van der Waals surface area (Å²) in [4.78, 5) is 0.626. The molecule has 0 N–H and O–H groups in total. The predicted molar refractivity (Wildman–Crippen MR) is 59.7 cm³/mol. The van der Waals surface area contributed by atoms with Crippen LogP contribution in [-0.4, -0.2) is 12.5 Å². The molecule has 1 atom stereocenters. The first-order chi connectivity index (χ1) is 8.40. The first-order valence-electron chi connectivity index (χ1n) is 4.95. The summed E-state index contributed by atoms with van der Waals surface area (Å²) in [5.74, 6) is 0.581. The first-order valence-corrected chi connectivity index (χ1v) is 7.39. The van der Waals surface area contributed by atoms with Gasteiger partial charge in [0.15, 0.2) is 0 Å². The zero-order chi connectivity index (χ0) is 13.3. The van der Waals surface area contributed by atoms with Gasteiger partial charge in [-0.25, -0.2) is 0 Å². The molecule has 18 heavy (non-hydrogen) atoms. The lowest BCUT2D eigenvalue weighted by atomic mass is 10.1. The standard InChI is InChI=1S/C11H11ClO5S/c1-8-5-6-18(17-12(13,14)15)11-7-9(16-2)3-4-10(8)11/h3-7H,1-2H3. The van der Waals surface area contributed by atoms with Crippen LogP contribution in [0.15, 0.2) is 29.2 Å². The molecule has 0 radical (unpaired) electrons. The Morgan fingerprint density at radius 3 is 2.56 bits per heavy atom. The number of hydrogen-bond donors (Lipinski definition) is 0. The molecule has 5 nitrogen and oxygen atoms in total. The molecule has 2 rings (SSSR count). The van der Waals surface area contributed by atoms with E-state index in [1.54, 1.807) is 23.6 Å². The lowest BCUT2D eigenvalue weighted by molar-refractivity contribution is -1.91. The molecule has 1 unspecified atom stereocenters. The monoisotopic (exact) mass is 290 g/mol. The fourth-order valence-corrected chi connectivity index (χ4v) is 3.84. The van der Waals surface area contributed by atoms with Gasteiger partial charge in [-0.15, -0.1) is 0 Å². The van der Waals surface area contributed by atoms with Crippen LogP contribution in [0, 0.1) is 10.2 Å². The van der Waals surface area contributed by atoms with Crippen LogP contribution in [-0.2, 0) is 3.74 Å². The topological polar surface area (TPSA) is 87.6 Å². The normalized spacial score (nSPS) is 18.7. The Labute approximate surface area is 109 Å². The van der Waals surface area contributed by atoms with E-state index in [1.807, 2.05) is 13.0 Å². The van der Waals surface area contributed by atoms with E-state index >= 15 is 0 Å². The summed E-state index contributed by atoms with van der Waals surface area (Å²) in [5.41, 5.74) is 1.82. The van der Waals surface area contributed by atoms with Crippen molar-refractivity contribution >= 4 is 21.7 Å². The Balaban J connectivity index is 2.47. The Kier molecular flexibility index (Phi) is 3.76. The Bertz CT molecular complexity index is 533. The van der Waals surface area contributed by atoms with E-state index in [4.69, 9.17) is 4.74 Å². The van der Waals surface area contributed by atoms with E-state index in [2.05, 4.69) is 3.74 Å². The number of benzene rings is 1. The summed E-state index contributed by atoms with van der Waals surface area (Å²) < 4.78 is 41.6. The Hall–Kier alpha value is -0.890. The van der Waals surface area contributed by atoms with Gasteiger partial charge in [0.25, 0.3) is 0 Å². The van der Waals surface area contributed by atoms with Crippen molar-refractivity contribution in [3.05, 3.63) is 29.8 Å². The van der Waals surface area contributed by atoms with Crippen LogP contribution in [0.4, 0.5) is 0 Å². The van der Waals surface area contributed by atoms with Gasteiger partial charge in [-0.3, -0.25) is 0 Å². The molecule has 0 saturated carbocycles. The average Bonchev–Trinajstić information content (AvgIpc) is 2.31. The van der Waals surface area contributed by atoms with Gasteiger partial charge in [-0.05, 0) is 36.3 Å². The van der Waals surface area contributed by atoms with Gasteiger partial charge in [0.2, 0.25) is 0 Å². The SMILES string of the molecule is COc1ccc2c(c1)S(O[Cl+3]([O-])([O-])[O-])=CC=C2C. The third-order valence-electron chi connectivity index (χ3n) is 2.42. The average molecular weight is 291 g/mol. The van der Waals surface area contributed by atoms with Crippen LogP contribution in [0.5, 0.6) is 5.75 Å². The highest BCUT2D eigenvalue weighted by atomic mass is 35.7. The zero-order valence-corrected chi connectivity index (χ0v) is 11.3. The molecule has 0 aromatic heterocycles. The smallest absolute Gasteiger partial charge is 0.141 e. The Morgan fingerprint density at radius 1 is 1.22 bits per heavy atom. The highest BCUT2D eigenvalue weighted by molar-refractivity contribution is 8.11. The van der Waals surface area contributed by atoms with Crippen molar-refractivity contribution in [2.45, 2.75) is 11.8 Å². The second-order valence-electron chi connectivity index (χ2n) is 3.59. The van der Waals surface area contributed by atoms with E-state index in [0.717, 1.165) is 11.1 Å². The molecule has 1 aromatic carbocycles. The van der Waals surface area contributed by atoms with Crippen LogP contribution >= 0.6 is 10.8 Å². The second-order valence-corrected chi connectivity index (χ2v) is 6.15. The highest BCUT2D eigenvalue weighted by Gasteiger charge is 2.27. The molecule has 1 aliphatic heterocycles. The van der Waals surface area contributed by atoms with Gasteiger partial charge in [0.05, 0.1) is 22.2 Å². The van der Waals surface area contributed by atoms with Crippen LogP contribution in [0.1, 0.15) is 12.5 Å². The third kappa shape index (κ3) is 2.92. The van der Waals surface area contributed by atoms with Crippen LogP contribution in [0.3, 0.4) is 0 Å². The summed E-state index contributed by atoms with van der Waals surface area (Å²) in [7, 11) is -4.17. The molecule has 1 aliphatic rings. The number of ether oxygens (including phenoxy) is 1. The number of halogens is 1. The van der Waals surface area contributed by atoms with Crippen LogP contribution < -0.4 is 18.7 Å². The number of rotatable bonds is 3. The maximum atomic E-state index is 10.7. The van der Waals surface area contributed by atoms with Gasteiger partial charge >= 0.3 is 0 Å². The summed E-state index contributed by atoms with van der Waals surface area (Å²) in [5, 5.41) is 1.56. The molecule has 98 valence electrons.